The zero-order valence-corrected chi connectivity index (χ0v) is 20.5. The number of carbonyl (C=O) groups is 1. The minimum Gasteiger partial charge on any atom is -0.494 e. The molecule has 36 heavy (non-hydrogen) atoms. The van der Waals surface area contributed by atoms with Crippen LogP contribution in [0.25, 0.3) is 15.8 Å². The van der Waals surface area contributed by atoms with Crippen molar-refractivity contribution in [3.63, 3.8) is 0 Å². The molecule has 2 aromatic carbocycles. The van der Waals surface area contributed by atoms with Crippen molar-refractivity contribution in [3.8, 4) is 11.4 Å². The largest absolute Gasteiger partial charge is 0.494 e. The second kappa shape index (κ2) is 8.68. The van der Waals surface area contributed by atoms with Gasteiger partial charge in [-0.3, -0.25) is 9.59 Å². The molecule has 2 aromatic heterocycles. The molecule has 6 rings (SSSR count). The third-order valence-electron chi connectivity index (χ3n) is 6.79. The number of methoxy groups -OCH3 is 1. The predicted octanol–water partition coefficient (Wildman–Crippen LogP) is 2.22. The quantitative estimate of drug-likeness (QED) is 0.403. The van der Waals surface area contributed by atoms with E-state index >= 15 is 0 Å². The molecule has 184 valence electrons. The summed E-state index contributed by atoms with van der Waals surface area (Å²) in [4.78, 5) is 29.0. The minimum atomic E-state index is -0.743. The second-order valence-electron chi connectivity index (χ2n) is 8.99. The molecule has 2 atom stereocenters. The van der Waals surface area contributed by atoms with Crippen molar-refractivity contribution in [1.29, 1.82) is 0 Å². The molecule has 2 fully saturated rings. The number of anilines is 2. The van der Waals surface area contributed by atoms with Gasteiger partial charge in [-0.2, -0.15) is 9.78 Å². The molecule has 0 radical (unpaired) electrons. The molecule has 1 amide bonds. The highest BCUT2D eigenvalue weighted by Gasteiger charge is 2.40. The molecule has 2 N–H and O–H groups in total. The molecule has 2 aliphatic heterocycles. The Morgan fingerprint density at radius 3 is 2.89 bits per heavy atom. The molecule has 4 aromatic rings. The first-order chi connectivity index (χ1) is 17.4. The summed E-state index contributed by atoms with van der Waals surface area (Å²) >= 11 is 1.63. The summed E-state index contributed by atoms with van der Waals surface area (Å²) in [5, 5.41) is 11.5. The fourth-order valence-corrected chi connectivity index (χ4v) is 6.05. The van der Waals surface area contributed by atoms with E-state index in [1.54, 1.807) is 11.5 Å². The molecule has 2 aliphatic rings. The molecular weight excluding hydrogens is 483 g/mol. The summed E-state index contributed by atoms with van der Waals surface area (Å²) in [5.41, 5.74) is 0.545. The summed E-state index contributed by atoms with van der Waals surface area (Å²) in [6.07, 6.45) is 4.42. The van der Waals surface area contributed by atoms with Crippen LogP contribution in [0.4, 0.5) is 15.8 Å². The van der Waals surface area contributed by atoms with Gasteiger partial charge in [0.2, 0.25) is 0 Å². The Balaban J connectivity index is 1.41. The number of fused-ring (bicyclic) bond motifs is 3. The van der Waals surface area contributed by atoms with Crippen LogP contribution in [0, 0.1) is 5.82 Å². The molecule has 2 saturated heterocycles. The number of aromatic nitrogens is 3. The molecule has 2 bridgehead atoms. The number of rotatable bonds is 5. The van der Waals surface area contributed by atoms with Crippen LogP contribution in [0.5, 0.6) is 5.75 Å². The van der Waals surface area contributed by atoms with Gasteiger partial charge in [0, 0.05) is 31.4 Å². The lowest BCUT2D eigenvalue weighted by molar-refractivity contribution is -0.599. The number of piperazine rings is 1. The zero-order chi connectivity index (χ0) is 25.0. The molecule has 0 aliphatic carbocycles. The van der Waals surface area contributed by atoms with Crippen molar-refractivity contribution in [2.45, 2.75) is 18.5 Å². The zero-order valence-electron chi connectivity index (χ0n) is 19.7. The average molecular weight is 508 g/mol. The Morgan fingerprint density at radius 1 is 1.28 bits per heavy atom. The highest BCUT2D eigenvalue weighted by Crippen LogP contribution is 2.40. The smallest absolute Gasteiger partial charge is 0.284 e. The van der Waals surface area contributed by atoms with E-state index in [0.29, 0.717) is 17.8 Å². The van der Waals surface area contributed by atoms with E-state index in [1.165, 1.54) is 37.6 Å². The van der Waals surface area contributed by atoms with Crippen molar-refractivity contribution in [2.75, 3.05) is 30.4 Å². The van der Waals surface area contributed by atoms with E-state index in [1.807, 2.05) is 23.1 Å². The summed E-state index contributed by atoms with van der Waals surface area (Å²) in [6, 6.07) is 10.2. The number of aryl methyl sites for hydroxylation is 1. The van der Waals surface area contributed by atoms with Gasteiger partial charge in [0.15, 0.2) is 19.1 Å². The van der Waals surface area contributed by atoms with Crippen LogP contribution < -0.4 is 29.8 Å². The van der Waals surface area contributed by atoms with Crippen LogP contribution in [0.2, 0.25) is 0 Å². The molecule has 0 saturated carbocycles. The first-order valence-electron chi connectivity index (χ1n) is 11.6. The van der Waals surface area contributed by atoms with Gasteiger partial charge >= 0.3 is 0 Å². The Morgan fingerprint density at radius 2 is 2.14 bits per heavy atom. The highest BCUT2D eigenvalue weighted by atomic mass is 32.1. The van der Waals surface area contributed by atoms with Gasteiger partial charge in [-0.25, -0.2) is 4.39 Å². The first-order valence-corrected chi connectivity index (χ1v) is 12.4. The van der Waals surface area contributed by atoms with E-state index in [2.05, 4.69) is 26.8 Å². The predicted molar refractivity (Wildman–Crippen MR) is 135 cm³/mol. The van der Waals surface area contributed by atoms with Gasteiger partial charge in [0.25, 0.3) is 11.5 Å². The third kappa shape index (κ3) is 3.62. The summed E-state index contributed by atoms with van der Waals surface area (Å²) in [7, 11) is 3.36. The van der Waals surface area contributed by atoms with E-state index < -0.39 is 17.3 Å². The number of hydrogen-bond donors (Lipinski definition) is 2. The van der Waals surface area contributed by atoms with Crippen molar-refractivity contribution >= 4 is 38.9 Å². The summed E-state index contributed by atoms with van der Waals surface area (Å²) in [5.74, 6) is -1.13. The van der Waals surface area contributed by atoms with Gasteiger partial charge in [-0.15, -0.1) is 3.96 Å². The Bertz CT molecular complexity index is 1570. The molecular formula is C25H24FN6O3S+. The van der Waals surface area contributed by atoms with Gasteiger partial charge in [0.05, 0.1) is 23.9 Å². The maximum Gasteiger partial charge on any atom is 0.284 e. The maximum atomic E-state index is 14.6. The van der Waals surface area contributed by atoms with E-state index in [-0.39, 0.29) is 17.0 Å². The monoisotopic (exact) mass is 507 g/mol. The average Bonchev–Trinajstić information content (AvgIpc) is 3.59. The second-order valence-corrected chi connectivity index (χ2v) is 10.2. The Hall–Kier alpha value is -3.83. The number of carbonyl (C=O) groups excluding carboxylic acids is 1. The minimum absolute atomic E-state index is 0.137. The Labute approximate surface area is 209 Å². The highest BCUT2D eigenvalue weighted by molar-refractivity contribution is 7.09. The van der Waals surface area contributed by atoms with Gasteiger partial charge in [0.1, 0.15) is 33.2 Å². The van der Waals surface area contributed by atoms with E-state index in [0.717, 1.165) is 40.0 Å². The van der Waals surface area contributed by atoms with Crippen LogP contribution >= 0.6 is 11.5 Å². The fraction of sp³-hybridized carbons (Fsp3) is 0.280. The number of benzene rings is 2. The van der Waals surface area contributed by atoms with Crippen LogP contribution in [0.15, 0.2) is 53.6 Å². The summed E-state index contributed by atoms with van der Waals surface area (Å²) < 4.78 is 23.9. The lowest BCUT2D eigenvalue weighted by Crippen LogP contribution is -2.44. The molecule has 0 unspecified atom stereocenters. The third-order valence-corrected chi connectivity index (χ3v) is 7.74. The standard InChI is InChI=1S/C25H23FN6O3S/c1-30-13-17-21(36-30)7-6-19(22(17)31-12-14-10-15(31)11-27-14)29-24(33)16-8-9-28-32(25(16)34)23-18(26)4-3-5-20(23)35-2/h3-9,13-15,27H,10-12H2,1-2H3/p+1/t14-,15-/m0/s1. The molecule has 0 spiro atoms. The number of nitrogens with zero attached hydrogens (tertiary/aromatic N) is 4. The van der Waals surface area contributed by atoms with E-state index in [9.17, 15) is 14.0 Å². The van der Waals surface area contributed by atoms with Crippen molar-refractivity contribution in [3.05, 3.63) is 70.5 Å². The number of nitrogens with one attached hydrogen (secondary N) is 2. The molecule has 9 nitrogen and oxygen atoms in total. The number of para-hydroxylation sites is 1. The van der Waals surface area contributed by atoms with Crippen LogP contribution in [-0.2, 0) is 7.05 Å². The lowest BCUT2D eigenvalue weighted by atomic mass is 10.1. The van der Waals surface area contributed by atoms with E-state index in [4.69, 9.17) is 4.74 Å². The van der Waals surface area contributed by atoms with Gasteiger partial charge in [-0.1, -0.05) is 6.07 Å². The fourth-order valence-electron chi connectivity index (χ4n) is 5.20. The van der Waals surface area contributed by atoms with Crippen LogP contribution in [0.3, 0.4) is 0 Å². The van der Waals surface area contributed by atoms with Crippen molar-refractivity contribution in [2.24, 2.45) is 7.05 Å². The summed E-state index contributed by atoms with van der Waals surface area (Å²) in [6.45, 7) is 1.74. The lowest BCUT2D eigenvalue weighted by Gasteiger charge is -2.31. The number of ether oxygens (including phenoxy) is 1. The number of amides is 1. The number of hydrogen-bond acceptors (Lipinski definition) is 7. The SMILES string of the molecule is COc1cccc(F)c1-n1nccc(C(=O)Nc2ccc3s[n+](C)cc3c2N2C[C@@H]3C[C@H]2CN3)c1=O. The van der Waals surface area contributed by atoms with Gasteiger partial charge < -0.3 is 20.3 Å². The van der Waals surface area contributed by atoms with Crippen LogP contribution in [-0.4, -0.2) is 48.0 Å². The Kier molecular flexibility index (Phi) is 5.45. The van der Waals surface area contributed by atoms with Crippen LogP contribution in [0.1, 0.15) is 16.8 Å². The topological polar surface area (TPSA) is 92.4 Å². The van der Waals surface area contributed by atoms with Crippen molar-refractivity contribution in [1.82, 2.24) is 15.1 Å². The molecule has 4 heterocycles. The normalized spacial score (nSPS) is 18.7. The van der Waals surface area contributed by atoms with Gasteiger partial charge in [-0.05, 0) is 36.8 Å². The number of halogens is 1. The maximum absolute atomic E-state index is 14.6. The van der Waals surface area contributed by atoms with Crippen molar-refractivity contribution < 1.29 is 17.9 Å². The first kappa shape index (κ1) is 22.6. The molecule has 11 heteroatoms.